The number of aromatic nitrogens is 1. The van der Waals surface area contributed by atoms with Crippen LogP contribution in [-0.2, 0) is 16.0 Å². The van der Waals surface area contributed by atoms with Crippen molar-refractivity contribution in [2.24, 2.45) is 4.99 Å². The van der Waals surface area contributed by atoms with Crippen LogP contribution in [0.2, 0.25) is 0 Å². The summed E-state index contributed by atoms with van der Waals surface area (Å²) in [7, 11) is 1.74. The van der Waals surface area contributed by atoms with Crippen molar-refractivity contribution < 1.29 is 14.3 Å². The number of ether oxygens (including phenoxy) is 2. The summed E-state index contributed by atoms with van der Waals surface area (Å²) in [5.41, 5.74) is 0.601. The van der Waals surface area contributed by atoms with Crippen LogP contribution in [0.1, 0.15) is 33.3 Å². The Hall–Kier alpha value is -2.55. The molecule has 2 aliphatic rings. The lowest BCUT2D eigenvalue weighted by Gasteiger charge is -2.40. The van der Waals surface area contributed by atoms with E-state index >= 15 is 0 Å². The molecule has 2 aliphatic heterocycles. The Balaban J connectivity index is 1.41. The van der Waals surface area contributed by atoms with Gasteiger partial charge in [-0.25, -0.2) is 9.78 Å². The van der Waals surface area contributed by atoms with E-state index in [1.165, 1.54) is 0 Å². The Morgan fingerprint density at radius 1 is 1.33 bits per heavy atom. The Labute approximate surface area is 178 Å². The van der Waals surface area contributed by atoms with E-state index in [0.29, 0.717) is 25.6 Å². The summed E-state index contributed by atoms with van der Waals surface area (Å²) >= 11 is 0. The van der Waals surface area contributed by atoms with Crippen LogP contribution < -0.4 is 15.5 Å². The number of pyridine rings is 1. The molecule has 1 amide bonds. The van der Waals surface area contributed by atoms with Crippen LogP contribution in [0.25, 0.3) is 0 Å². The van der Waals surface area contributed by atoms with Gasteiger partial charge in [-0.2, -0.15) is 0 Å². The number of rotatable bonds is 4. The van der Waals surface area contributed by atoms with Crippen molar-refractivity contribution in [3.05, 3.63) is 23.9 Å². The van der Waals surface area contributed by atoms with Gasteiger partial charge in [0.15, 0.2) is 5.96 Å². The fourth-order valence-electron chi connectivity index (χ4n) is 3.35. The van der Waals surface area contributed by atoms with Gasteiger partial charge in [-0.05, 0) is 39.3 Å². The third-order valence-electron chi connectivity index (χ3n) is 4.93. The van der Waals surface area contributed by atoms with Gasteiger partial charge in [0.05, 0.1) is 18.8 Å². The lowest BCUT2D eigenvalue weighted by Crippen LogP contribution is -2.63. The van der Waals surface area contributed by atoms with Gasteiger partial charge in [0.2, 0.25) is 0 Å². The number of guanidine groups is 1. The zero-order valence-corrected chi connectivity index (χ0v) is 18.6. The van der Waals surface area contributed by atoms with Gasteiger partial charge < -0.3 is 29.9 Å². The number of nitrogens with one attached hydrogen (secondary N) is 2. The number of aliphatic imine (C=N–C) groups is 1. The van der Waals surface area contributed by atoms with Crippen molar-refractivity contribution in [3.63, 3.8) is 0 Å². The Bertz CT molecular complexity index is 740. The first-order valence-corrected chi connectivity index (χ1v) is 10.5. The van der Waals surface area contributed by atoms with Crippen molar-refractivity contribution in [3.8, 4) is 0 Å². The third kappa shape index (κ3) is 6.22. The second-order valence-electron chi connectivity index (χ2n) is 8.80. The minimum atomic E-state index is -0.475. The molecule has 9 nitrogen and oxygen atoms in total. The average molecular weight is 419 g/mol. The number of amides is 1. The second kappa shape index (κ2) is 9.51. The summed E-state index contributed by atoms with van der Waals surface area (Å²) in [6.45, 7) is 12.0. The molecule has 9 heteroatoms. The van der Waals surface area contributed by atoms with E-state index < -0.39 is 5.60 Å². The first kappa shape index (κ1) is 22.1. The highest BCUT2D eigenvalue weighted by atomic mass is 16.6. The summed E-state index contributed by atoms with van der Waals surface area (Å²) in [6, 6.07) is 4.29. The molecular weight excluding hydrogens is 384 g/mol. The fourth-order valence-corrected chi connectivity index (χ4v) is 3.35. The molecule has 166 valence electrons. The second-order valence-corrected chi connectivity index (χ2v) is 8.80. The van der Waals surface area contributed by atoms with Gasteiger partial charge in [0, 0.05) is 46.0 Å². The summed E-state index contributed by atoms with van der Waals surface area (Å²) in [6.07, 6.45) is 1.85. The maximum Gasteiger partial charge on any atom is 0.410 e. The highest BCUT2D eigenvalue weighted by molar-refractivity contribution is 5.80. The van der Waals surface area contributed by atoms with E-state index in [-0.39, 0.29) is 18.2 Å². The number of anilines is 1. The van der Waals surface area contributed by atoms with Crippen molar-refractivity contribution >= 4 is 17.9 Å². The molecule has 0 bridgehead atoms. The fraction of sp³-hybridized carbons (Fsp3) is 0.667. The third-order valence-corrected chi connectivity index (χ3v) is 4.93. The molecule has 0 saturated carbocycles. The van der Waals surface area contributed by atoms with Gasteiger partial charge in [-0.3, -0.25) is 4.99 Å². The number of morpholine rings is 1. The average Bonchev–Trinajstić information content (AvgIpc) is 2.65. The van der Waals surface area contributed by atoms with Gasteiger partial charge >= 0.3 is 6.09 Å². The van der Waals surface area contributed by atoms with Gasteiger partial charge in [0.25, 0.3) is 0 Å². The summed E-state index contributed by atoms with van der Waals surface area (Å²) < 4.78 is 11.0. The van der Waals surface area contributed by atoms with E-state index in [4.69, 9.17) is 9.47 Å². The first-order valence-electron chi connectivity index (χ1n) is 10.5. The predicted molar refractivity (Wildman–Crippen MR) is 117 cm³/mol. The summed E-state index contributed by atoms with van der Waals surface area (Å²) in [5.74, 6) is 1.68. The summed E-state index contributed by atoms with van der Waals surface area (Å²) in [5, 5.41) is 6.64. The standard InChI is InChI=1S/C21H34N6O3/c1-15-12-26(8-9-29-15)18-7-6-16(10-23-18)11-24-19(22-5)25-17-13-27(14-17)20(28)30-21(2,3)4/h6-7,10,15,17H,8-9,11-14H2,1-5H3,(H2,22,24,25). The molecule has 2 fully saturated rings. The zero-order valence-electron chi connectivity index (χ0n) is 18.6. The Kier molecular flexibility index (Phi) is 7.02. The molecule has 2 N–H and O–H groups in total. The van der Waals surface area contributed by atoms with Crippen molar-refractivity contribution in [2.75, 3.05) is 44.7 Å². The number of hydrogen-bond donors (Lipinski definition) is 2. The van der Waals surface area contributed by atoms with Crippen molar-refractivity contribution in [2.45, 2.75) is 52.0 Å². The van der Waals surface area contributed by atoms with Crippen molar-refractivity contribution in [1.29, 1.82) is 0 Å². The monoisotopic (exact) mass is 418 g/mol. The van der Waals surface area contributed by atoms with E-state index in [1.54, 1.807) is 11.9 Å². The maximum absolute atomic E-state index is 12.0. The first-order chi connectivity index (χ1) is 14.2. The molecular formula is C21H34N6O3. The molecule has 30 heavy (non-hydrogen) atoms. The van der Waals surface area contributed by atoms with E-state index in [0.717, 1.165) is 31.1 Å². The van der Waals surface area contributed by atoms with Gasteiger partial charge in [-0.15, -0.1) is 0 Å². The van der Waals surface area contributed by atoms with Crippen LogP contribution >= 0.6 is 0 Å². The van der Waals surface area contributed by atoms with Crippen LogP contribution in [0.3, 0.4) is 0 Å². The quantitative estimate of drug-likeness (QED) is 0.567. The van der Waals surface area contributed by atoms with Crippen molar-refractivity contribution in [1.82, 2.24) is 20.5 Å². The molecule has 1 aromatic heterocycles. The topological polar surface area (TPSA) is 91.3 Å². The van der Waals surface area contributed by atoms with E-state index in [2.05, 4.69) is 44.6 Å². The molecule has 0 aromatic carbocycles. The van der Waals surface area contributed by atoms with Crippen LogP contribution in [0.15, 0.2) is 23.3 Å². The van der Waals surface area contributed by atoms with Crippen LogP contribution in [0, 0.1) is 0 Å². The highest BCUT2D eigenvalue weighted by Gasteiger charge is 2.34. The largest absolute Gasteiger partial charge is 0.444 e. The van der Waals surface area contributed by atoms with E-state index in [9.17, 15) is 4.79 Å². The minimum absolute atomic E-state index is 0.160. The molecule has 0 radical (unpaired) electrons. The van der Waals surface area contributed by atoms with Gasteiger partial charge in [0.1, 0.15) is 11.4 Å². The molecule has 0 spiro atoms. The molecule has 3 heterocycles. The molecule has 1 atom stereocenters. The predicted octanol–water partition coefficient (Wildman–Crippen LogP) is 1.59. The Morgan fingerprint density at radius 3 is 2.70 bits per heavy atom. The lowest BCUT2D eigenvalue weighted by molar-refractivity contribution is 0.00700. The molecule has 0 aliphatic carbocycles. The number of likely N-dealkylation sites (tertiary alicyclic amines) is 1. The number of carbonyl (C=O) groups excluding carboxylic acids is 1. The van der Waals surface area contributed by atoms with E-state index in [1.807, 2.05) is 27.0 Å². The molecule has 2 saturated heterocycles. The maximum atomic E-state index is 12.0. The lowest BCUT2D eigenvalue weighted by atomic mass is 10.1. The molecule has 3 rings (SSSR count). The van der Waals surface area contributed by atoms with Crippen LogP contribution in [0.4, 0.5) is 10.6 Å². The summed E-state index contributed by atoms with van der Waals surface area (Å²) in [4.78, 5) is 24.8. The smallest absolute Gasteiger partial charge is 0.410 e. The SMILES string of the molecule is CN=C(NCc1ccc(N2CCOC(C)C2)nc1)NC1CN(C(=O)OC(C)(C)C)C1. The minimum Gasteiger partial charge on any atom is -0.444 e. The molecule has 1 unspecified atom stereocenters. The normalized spacial score (nSPS) is 20.6. The number of nitrogens with zero attached hydrogens (tertiary/aromatic N) is 4. The molecule has 1 aromatic rings. The zero-order chi connectivity index (χ0) is 21.7. The number of carbonyl (C=O) groups is 1. The number of hydrogen-bond acceptors (Lipinski definition) is 6. The Morgan fingerprint density at radius 2 is 2.10 bits per heavy atom. The van der Waals surface area contributed by atoms with Crippen LogP contribution in [-0.4, -0.2) is 79.5 Å². The van der Waals surface area contributed by atoms with Crippen LogP contribution in [0.5, 0.6) is 0 Å². The van der Waals surface area contributed by atoms with Gasteiger partial charge in [-0.1, -0.05) is 6.07 Å². The highest BCUT2D eigenvalue weighted by Crippen LogP contribution is 2.16.